The van der Waals surface area contributed by atoms with Crippen LogP contribution in [0.2, 0.25) is 0 Å². The van der Waals surface area contributed by atoms with Crippen molar-refractivity contribution in [2.24, 2.45) is 5.73 Å². The Kier molecular flexibility index (Phi) is 2.41. The van der Waals surface area contributed by atoms with Gasteiger partial charge in [0.1, 0.15) is 10.4 Å². The van der Waals surface area contributed by atoms with E-state index in [2.05, 4.69) is 20.9 Å². The second kappa shape index (κ2) is 3.57. The summed E-state index contributed by atoms with van der Waals surface area (Å²) in [5.41, 5.74) is 5.52. The van der Waals surface area contributed by atoms with Gasteiger partial charge in [0.2, 0.25) is 0 Å². The number of rotatable bonds is 3. The summed E-state index contributed by atoms with van der Waals surface area (Å²) < 4.78 is 6.16. The van der Waals surface area contributed by atoms with Gasteiger partial charge in [-0.15, -0.1) is 0 Å². The molecule has 1 fully saturated rings. The fourth-order valence-corrected chi connectivity index (χ4v) is 1.37. The van der Waals surface area contributed by atoms with E-state index in [0.29, 0.717) is 15.9 Å². The van der Waals surface area contributed by atoms with Gasteiger partial charge in [-0.05, 0) is 28.8 Å². The average molecular weight is 257 g/mol. The first-order valence-electron chi connectivity index (χ1n) is 4.29. The standard InChI is InChI=1S/C9H9BrN2O2/c10-8-3-7(14-5-1-2-5)6(4-12-8)9(11)13/h3-5H,1-2H2,(H2,11,13). The second-order valence-electron chi connectivity index (χ2n) is 3.18. The second-order valence-corrected chi connectivity index (χ2v) is 4.00. The number of nitrogens with zero attached hydrogens (tertiary/aromatic N) is 1. The molecule has 1 aromatic heterocycles. The maximum absolute atomic E-state index is 11.0. The lowest BCUT2D eigenvalue weighted by molar-refractivity contribution is 0.0995. The summed E-state index contributed by atoms with van der Waals surface area (Å²) in [4.78, 5) is 14.9. The molecule has 1 heterocycles. The van der Waals surface area contributed by atoms with Crippen molar-refractivity contribution in [3.05, 3.63) is 22.4 Å². The SMILES string of the molecule is NC(=O)c1cnc(Br)cc1OC1CC1. The molecule has 2 rings (SSSR count). The van der Waals surface area contributed by atoms with Crippen molar-refractivity contribution in [3.63, 3.8) is 0 Å². The lowest BCUT2D eigenvalue weighted by atomic mass is 10.2. The summed E-state index contributed by atoms with van der Waals surface area (Å²) in [7, 11) is 0. The molecule has 1 saturated carbocycles. The molecule has 14 heavy (non-hydrogen) atoms. The van der Waals surface area contributed by atoms with Crippen LogP contribution in [-0.2, 0) is 0 Å². The molecule has 0 spiro atoms. The van der Waals surface area contributed by atoms with Crippen LogP contribution in [0.3, 0.4) is 0 Å². The minimum Gasteiger partial charge on any atom is -0.489 e. The molecule has 0 atom stereocenters. The Balaban J connectivity index is 2.31. The van der Waals surface area contributed by atoms with E-state index in [4.69, 9.17) is 10.5 Å². The number of primary amides is 1. The van der Waals surface area contributed by atoms with E-state index in [9.17, 15) is 4.79 Å². The van der Waals surface area contributed by atoms with Gasteiger partial charge < -0.3 is 10.5 Å². The van der Waals surface area contributed by atoms with Crippen molar-refractivity contribution in [1.29, 1.82) is 0 Å². The third-order valence-corrected chi connectivity index (χ3v) is 2.35. The molecular formula is C9H9BrN2O2. The van der Waals surface area contributed by atoms with Gasteiger partial charge in [0.15, 0.2) is 0 Å². The first-order valence-corrected chi connectivity index (χ1v) is 5.08. The number of pyridine rings is 1. The number of nitrogens with two attached hydrogens (primary N) is 1. The maximum Gasteiger partial charge on any atom is 0.254 e. The summed E-state index contributed by atoms with van der Waals surface area (Å²) in [6.45, 7) is 0. The van der Waals surface area contributed by atoms with Crippen LogP contribution >= 0.6 is 15.9 Å². The number of carbonyl (C=O) groups is 1. The molecule has 0 unspecified atom stereocenters. The van der Waals surface area contributed by atoms with E-state index in [-0.39, 0.29) is 6.10 Å². The van der Waals surface area contributed by atoms with E-state index in [0.717, 1.165) is 12.8 Å². The van der Waals surface area contributed by atoms with Crippen LogP contribution in [0.1, 0.15) is 23.2 Å². The fourth-order valence-electron chi connectivity index (χ4n) is 1.06. The summed E-state index contributed by atoms with van der Waals surface area (Å²) in [5, 5.41) is 0. The van der Waals surface area contributed by atoms with Crippen LogP contribution in [0.5, 0.6) is 5.75 Å². The summed E-state index contributed by atoms with van der Waals surface area (Å²) >= 11 is 3.21. The Morgan fingerprint density at radius 3 is 2.93 bits per heavy atom. The predicted molar refractivity (Wildman–Crippen MR) is 54.1 cm³/mol. The number of hydrogen-bond donors (Lipinski definition) is 1. The van der Waals surface area contributed by atoms with Crippen LogP contribution in [0, 0.1) is 0 Å². The van der Waals surface area contributed by atoms with Gasteiger partial charge in [-0.3, -0.25) is 4.79 Å². The molecular weight excluding hydrogens is 248 g/mol. The molecule has 0 bridgehead atoms. The Bertz CT molecular complexity index is 377. The topological polar surface area (TPSA) is 65.2 Å². The van der Waals surface area contributed by atoms with Crippen LogP contribution < -0.4 is 10.5 Å². The molecule has 0 aromatic carbocycles. The van der Waals surface area contributed by atoms with E-state index in [1.807, 2.05) is 0 Å². The number of aromatic nitrogens is 1. The normalized spacial score (nSPS) is 15.2. The van der Waals surface area contributed by atoms with E-state index >= 15 is 0 Å². The summed E-state index contributed by atoms with van der Waals surface area (Å²) in [6, 6.07) is 1.67. The van der Waals surface area contributed by atoms with Crippen molar-refractivity contribution in [3.8, 4) is 5.75 Å². The number of halogens is 1. The Labute approximate surface area is 89.6 Å². The minimum absolute atomic E-state index is 0.238. The highest BCUT2D eigenvalue weighted by atomic mass is 79.9. The fraction of sp³-hybridized carbons (Fsp3) is 0.333. The lowest BCUT2D eigenvalue weighted by Gasteiger charge is -2.07. The van der Waals surface area contributed by atoms with Crippen molar-refractivity contribution in [2.75, 3.05) is 0 Å². The van der Waals surface area contributed by atoms with Gasteiger partial charge in [-0.2, -0.15) is 0 Å². The number of hydrogen-bond acceptors (Lipinski definition) is 3. The molecule has 74 valence electrons. The molecule has 0 radical (unpaired) electrons. The van der Waals surface area contributed by atoms with Gasteiger partial charge in [0, 0.05) is 12.3 Å². The van der Waals surface area contributed by atoms with Crippen molar-refractivity contribution < 1.29 is 9.53 Å². The van der Waals surface area contributed by atoms with Crippen molar-refractivity contribution in [1.82, 2.24) is 4.98 Å². The lowest BCUT2D eigenvalue weighted by Crippen LogP contribution is -2.14. The van der Waals surface area contributed by atoms with Gasteiger partial charge >= 0.3 is 0 Å². The smallest absolute Gasteiger partial charge is 0.254 e. The highest BCUT2D eigenvalue weighted by Gasteiger charge is 2.25. The molecule has 0 saturated heterocycles. The number of ether oxygens (including phenoxy) is 1. The van der Waals surface area contributed by atoms with Crippen molar-refractivity contribution in [2.45, 2.75) is 18.9 Å². The third-order valence-electron chi connectivity index (χ3n) is 1.92. The molecule has 0 aliphatic heterocycles. The minimum atomic E-state index is -0.513. The Morgan fingerprint density at radius 1 is 1.64 bits per heavy atom. The molecule has 1 aliphatic rings. The number of carbonyl (C=O) groups excluding carboxylic acids is 1. The van der Waals surface area contributed by atoms with Gasteiger partial charge in [-0.1, -0.05) is 0 Å². The van der Waals surface area contributed by atoms with Gasteiger partial charge in [0.25, 0.3) is 5.91 Å². The molecule has 4 nitrogen and oxygen atoms in total. The maximum atomic E-state index is 11.0. The highest BCUT2D eigenvalue weighted by molar-refractivity contribution is 9.10. The molecule has 1 aliphatic carbocycles. The third kappa shape index (κ3) is 2.04. The van der Waals surface area contributed by atoms with E-state index in [1.54, 1.807) is 6.07 Å². The predicted octanol–water partition coefficient (Wildman–Crippen LogP) is 1.48. The van der Waals surface area contributed by atoms with Crippen LogP contribution in [-0.4, -0.2) is 17.0 Å². The zero-order valence-electron chi connectivity index (χ0n) is 7.37. The van der Waals surface area contributed by atoms with Crippen LogP contribution in [0.25, 0.3) is 0 Å². The Hall–Kier alpha value is -1.10. The quantitative estimate of drug-likeness (QED) is 0.834. The zero-order valence-corrected chi connectivity index (χ0v) is 8.95. The van der Waals surface area contributed by atoms with Gasteiger partial charge in [-0.25, -0.2) is 4.98 Å². The van der Waals surface area contributed by atoms with Gasteiger partial charge in [0.05, 0.1) is 11.7 Å². The average Bonchev–Trinajstić information content (AvgIpc) is 2.87. The first-order chi connectivity index (χ1) is 6.66. The Morgan fingerprint density at radius 2 is 2.36 bits per heavy atom. The van der Waals surface area contributed by atoms with Crippen LogP contribution in [0.15, 0.2) is 16.9 Å². The summed E-state index contributed by atoms with van der Waals surface area (Å²) in [6.07, 6.45) is 3.74. The van der Waals surface area contributed by atoms with Crippen LogP contribution in [0.4, 0.5) is 0 Å². The number of amides is 1. The highest BCUT2D eigenvalue weighted by Crippen LogP contribution is 2.30. The van der Waals surface area contributed by atoms with E-state index in [1.165, 1.54) is 6.20 Å². The largest absolute Gasteiger partial charge is 0.489 e. The van der Waals surface area contributed by atoms with E-state index < -0.39 is 5.91 Å². The molecule has 1 aromatic rings. The zero-order chi connectivity index (χ0) is 10.1. The monoisotopic (exact) mass is 256 g/mol. The van der Waals surface area contributed by atoms with Crippen molar-refractivity contribution >= 4 is 21.8 Å². The molecule has 2 N–H and O–H groups in total. The first kappa shape index (κ1) is 9.45. The molecule has 5 heteroatoms. The summed E-state index contributed by atoms with van der Waals surface area (Å²) in [5.74, 6) is 0.00234. The molecule has 1 amide bonds.